The molecule has 3 N–H and O–H groups in total. The lowest BCUT2D eigenvalue weighted by Crippen LogP contribution is -2.52. The Morgan fingerprint density at radius 2 is 2.04 bits per heavy atom. The van der Waals surface area contributed by atoms with Gasteiger partial charge in [0.1, 0.15) is 5.82 Å². The summed E-state index contributed by atoms with van der Waals surface area (Å²) in [5, 5.41) is 13.9. The number of piperazine rings is 1. The van der Waals surface area contributed by atoms with Gasteiger partial charge in [-0.25, -0.2) is 9.78 Å². The summed E-state index contributed by atoms with van der Waals surface area (Å²) in [6.45, 7) is 8.24. The van der Waals surface area contributed by atoms with Gasteiger partial charge in [-0.05, 0) is 33.1 Å². The number of nitrogen functional groups attached to an aromatic ring is 1. The number of rotatable bonds is 4. The van der Waals surface area contributed by atoms with Crippen molar-refractivity contribution in [2.75, 3.05) is 36.8 Å². The van der Waals surface area contributed by atoms with Crippen molar-refractivity contribution in [3.8, 4) is 0 Å². The molecule has 2 aromatic heterocycles. The standard InChI is InChI=1S/C19H27N7O2/c1-3-26-15-5-4-13(11-14(15)17(23-26)18(27)28)24-6-8-25(9-7-24)16-10-12(2)21-19(20)22-16/h10,13H,3-9,11H2,1-2H3,(H,27,28)(H2,20,21,22). The number of hydrogen-bond donors (Lipinski definition) is 2. The first-order valence-electron chi connectivity index (χ1n) is 9.88. The molecular formula is C19H27N7O2. The van der Waals surface area contributed by atoms with Crippen LogP contribution in [0, 0.1) is 6.92 Å². The molecule has 0 aromatic carbocycles. The highest BCUT2D eigenvalue weighted by Crippen LogP contribution is 2.28. The van der Waals surface area contributed by atoms with Gasteiger partial charge < -0.3 is 15.7 Å². The lowest BCUT2D eigenvalue weighted by molar-refractivity contribution is 0.0687. The fraction of sp³-hybridized carbons (Fsp3) is 0.579. The predicted molar refractivity (Wildman–Crippen MR) is 106 cm³/mol. The van der Waals surface area contributed by atoms with Crippen LogP contribution in [-0.4, -0.2) is 67.9 Å². The molecule has 9 nitrogen and oxygen atoms in total. The van der Waals surface area contributed by atoms with Crippen molar-refractivity contribution in [2.45, 2.75) is 45.7 Å². The second-order valence-corrected chi connectivity index (χ2v) is 7.54. The zero-order valence-electron chi connectivity index (χ0n) is 16.4. The average Bonchev–Trinajstić information content (AvgIpc) is 3.05. The Hall–Kier alpha value is -2.68. The summed E-state index contributed by atoms with van der Waals surface area (Å²) in [6.07, 6.45) is 2.68. The van der Waals surface area contributed by atoms with Crippen LogP contribution < -0.4 is 10.6 Å². The van der Waals surface area contributed by atoms with Crippen LogP contribution in [0.3, 0.4) is 0 Å². The van der Waals surface area contributed by atoms with Crippen LogP contribution in [0.5, 0.6) is 0 Å². The fourth-order valence-corrected chi connectivity index (χ4v) is 4.47. The molecule has 1 saturated heterocycles. The SMILES string of the molecule is CCn1nc(C(=O)O)c2c1CCC(N1CCN(c3cc(C)nc(N)n3)CC1)C2. The third-order valence-electron chi connectivity index (χ3n) is 5.84. The maximum atomic E-state index is 11.6. The minimum Gasteiger partial charge on any atom is -0.476 e. The van der Waals surface area contributed by atoms with Gasteiger partial charge in [0, 0.05) is 61.8 Å². The van der Waals surface area contributed by atoms with Gasteiger partial charge in [-0.15, -0.1) is 0 Å². The Labute approximate surface area is 164 Å². The zero-order chi connectivity index (χ0) is 19.8. The Kier molecular flexibility index (Phi) is 4.92. The van der Waals surface area contributed by atoms with Gasteiger partial charge in [0.05, 0.1) is 0 Å². The molecule has 0 bridgehead atoms. The van der Waals surface area contributed by atoms with Crippen LogP contribution in [0.1, 0.15) is 40.8 Å². The predicted octanol–water partition coefficient (Wildman–Crippen LogP) is 0.961. The van der Waals surface area contributed by atoms with Gasteiger partial charge in [0.15, 0.2) is 5.69 Å². The van der Waals surface area contributed by atoms with E-state index in [-0.39, 0.29) is 5.69 Å². The molecule has 0 spiro atoms. The van der Waals surface area contributed by atoms with Crippen molar-refractivity contribution in [1.29, 1.82) is 0 Å². The fourth-order valence-electron chi connectivity index (χ4n) is 4.47. The van der Waals surface area contributed by atoms with Gasteiger partial charge >= 0.3 is 5.97 Å². The molecule has 1 aliphatic heterocycles. The quantitative estimate of drug-likeness (QED) is 0.800. The molecule has 2 aromatic rings. The molecule has 1 atom stereocenters. The number of anilines is 2. The number of aromatic nitrogens is 4. The summed E-state index contributed by atoms with van der Waals surface area (Å²) in [7, 11) is 0. The Morgan fingerprint density at radius 1 is 1.29 bits per heavy atom. The van der Waals surface area contributed by atoms with Crippen LogP contribution in [-0.2, 0) is 19.4 Å². The van der Waals surface area contributed by atoms with E-state index in [9.17, 15) is 9.90 Å². The van der Waals surface area contributed by atoms with Crippen LogP contribution in [0.15, 0.2) is 6.07 Å². The first kappa shape index (κ1) is 18.7. The van der Waals surface area contributed by atoms with E-state index in [0.717, 1.165) is 68.2 Å². The van der Waals surface area contributed by atoms with Crippen molar-refractivity contribution in [3.63, 3.8) is 0 Å². The van der Waals surface area contributed by atoms with Gasteiger partial charge in [-0.1, -0.05) is 0 Å². The second kappa shape index (κ2) is 7.38. The lowest BCUT2D eigenvalue weighted by atomic mass is 9.90. The summed E-state index contributed by atoms with van der Waals surface area (Å²) in [5.41, 5.74) is 8.92. The largest absolute Gasteiger partial charge is 0.476 e. The van der Waals surface area contributed by atoms with E-state index < -0.39 is 5.97 Å². The zero-order valence-corrected chi connectivity index (χ0v) is 16.4. The highest BCUT2D eigenvalue weighted by molar-refractivity contribution is 5.87. The number of aromatic carboxylic acids is 1. The van der Waals surface area contributed by atoms with Crippen molar-refractivity contribution < 1.29 is 9.90 Å². The van der Waals surface area contributed by atoms with Crippen LogP contribution in [0.2, 0.25) is 0 Å². The van der Waals surface area contributed by atoms with E-state index in [2.05, 4.69) is 24.9 Å². The Bertz CT molecular complexity index is 866. The third-order valence-corrected chi connectivity index (χ3v) is 5.84. The number of nitrogens with two attached hydrogens (primary N) is 1. The van der Waals surface area contributed by atoms with Gasteiger partial charge in [0.25, 0.3) is 0 Å². The van der Waals surface area contributed by atoms with Crippen LogP contribution in [0.25, 0.3) is 0 Å². The average molecular weight is 385 g/mol. The molecule has 0 amide bonds. The maximum Gasteiger partial charge on any atom is 0.356 e. The molecule has 2 aliphatic rings. The minimum absolute atomic E-state index is 0.229. The third kappa shape index (κ3) is 3.42. The van der Waals surface area contributed by atoms with E-state index >= 15 is 0 Å². The van der Waals surface area contributed by atoms with Gasteiger partial charge in [-0.3, -0.25) is 9.58 Å². The van der Waals surface area contributed by atoms with E-state index in [0.29, 0.717) is 18.5 Å². The minimum atomic E-state index is -0.925. The van der Waals surface area contributed by atoms with E-state index in [1.807, 2.05) is 24.6 Å². The van der Waals surface area contributed by atoms with Gasteiger partial charge in [-0.2, -0.15) is 10.1 Å². The summed E-state index contributed by atoms with van der Waals surface area (Å²) >= 11 is 0. The first-order valence-corrected chi connectivity index (χ1v) is 9.88. The van der Waals surface area contributed by atoms with Gasteiger partial charge in [0.2, 0.25) is 5.95 Å². The number of carboxylic acid groups (broad SMARTS) is 1. The van der Waals surface area contributed by atoms with E-state index in [4.69, 9.17) is 5.73 Å². The first-order chi connectivity index (χ1) is 13.5. The number of fused-ring (bicyclic) bond motifs is 1. The molecule has 1 fully saturated rings. The topological polar surface area (TPSA) is 113 Å². The van der Waals surface area contributed by atoms with Crippen molar-refractivity contribution in [1.82, 2.24) is 24.6 Å². The molecule has 0 radical (unpaired) electrons. The molecule has 9 heteroatoms. The normalized spacial score (nSPS) is 20.2. The Morgan fingerprint density at radius 3 is 2.68 bits per heavy atom. The molecule has 0 saturated carbocycles. The van der Waals surface area contributed by atoms with Crippen LogP contribution in [0.4, 0.5) is 11.8 Å². The number of aryl methyl sites for hydroxylation is 2. The number of carboxylic acids is 1. The smallest absolute Gasteiger partial charge is 0.356 e. The number of carbonyl (C=O) groups is 1. The highest BCUT2D eigenvalue weighted by atomic mass is 16.4. The highest BCUT2D eigenvalue weighted by Gasteiger charge is 2.33. The molecule has 150 valence electrons. The second-order valence-electron chi connectivity index (χ2n) is 7.54. The molecule has 28 heavy (non-hydrogen) atoms. The molecule has 4 rings (SSSR count). The lowest BCUT2D eigenvalue weighted by Gasteiger charge is -2.41. The van der Waals surface area contributed by atoms with E-state index in [1.54, 1.807) is 0 Å². The van der Waals surface area contributed by atoms with Crippen molar-refractivity contribution in [3.05, 3.63) is 28.7 Å². The summed E-state index contributed by atoms with van der Waals surface area (Å²) in [6, 6.07) is 2.33. The number of hydrogen-bond acceptors (Lipinski definition) is 7. The molecular weight excluding hydrogens is 358 g/mol. The monoisotopic (exact) mass is 385 g/mol. The summed E-state index contributed by atoms with van der Waals surface area (Å²) < 4.78 is 1.86. The molecule has 1 unspecified atom stereocenters. The molecule has 1 aliphatic carbocycles. The van der Waals surface area contributed by atoms with E-state index in [1.165, 1.54) is 0 Å². The summed E-state index contributed by atoms with van der Waals surface area (Å²) in [4.78, 5) is 24.9. The van der Waals surface area contributed by atoms with Crippen LogP contribution >= 0.6 is 0 Å². The van der Waals surface area contributed by atoms with Crippen molar-refractivity contribution >= 4 is 17.7 Å². The molecule has 3 heterocycles. The maximum absolute atomic E-state index is 11.6. The Balaban J connectivity index is 1.45. The van der Waals surface area contributed by atoms with Crippen molar-refractivity contribution in [2.24, 2.45) is 0 Å². The summed E-state index contributed by atoms with van der Waals surface area (Å²) in [5.74, 6) is 0.269. The number of nitrogens with zero attached hydrogens (tertiary/aromatic N) is 6.